The lowest BCUT2D eigenvalue weighted by Crippen LogP contribution is -2.44. The molecule has 0 saturated carbocycles. The van der Waals surface area contributed by atoms with Crippen LogP contribution >= 0.6 is 0 Å². The maximum atomic E-state index is 13.4. The van der Waals surface area contributed by atoms with Gasteiger partial charge in [0.1, 0.15) is 18.8 Å². The number of hydrogen-bond acceptors (Lipinski definition) is 6. The highest BCUT2D eigenvalue weighted by molar-refractivity contribution is 6.01. The van der Waals surface area contributed by atoms with E-state index >= 15 is 0 Å². The standard InChI is InChI=1S/C23H26N6O2/c30-23-20-4-1-2-5-21(20)26-22(28(23)11-3-10-27-12-14-31-15-13-27)18-6-8-19(9-7-18)29-17-24-16-25-29/h1-2,4-9,16-17,22,26H,3,10-15H2/t22-/m0/s1. The lowest BCUT2D eigenvalue weighted by atomic mass is 10.0. The van der Waals surface area contributed by atoms with Crippen LogP contribution in [0.1, 0.15) is 28.5 Å². The molecular formula is C23H26N6O2. The van der Waals surface area contributed by atoms with Crippen molar-refractivity contribution in [1.82, 2.24) is 24.6 Å². The number of para-hydroxylation sites is 1. The molecule has 2 aromatic carbocycles. The Bertz CT molecular complexity index is 1010. The number of nitrogens with zero attached hydrogens (tertiary/aromatic N) is 5. The molecule has 1 fully saturated rings. The van der Waals surface area contributed by atoms with E-state index in [0.717, 1.165) is 61.8 Å². The fourth-order valence-electron chi connectivity index (χ4n) is 4.23. The van der Waals surface area contributed by atoms with Crippen LogP contribution < -0.4 is 5.32 Å². The Labute approximate surface area is 181 Å². The molecule has 1 atom stereocenters. The number of carbonyl (C=O) groups excluding carboxylic acids is 1. The summed E-state index contributed by atoms with van der Waals surface area (Å²) in [6, 6.07) is 15.8. The normalized spacial score (nSPS) is 19.2. The van der Waals surface area contributed by atoms with Gasteiger partial charge in [-0.25, -0.2) is 9.67 Å². The molecule has 5 rings (SSSR count). The van der Waals surface area contributed by atoms with Crippen molar-refractivity contribution in [3.63, 3.8) is 0 Å². The molecular weight excluding hydrogens is 392 g/mol. The van der Waals surface area contributed by atoms with Crippen molar-refractivity contribution in [2.24, 2.45) is 0 Å². The second-order valence-electron chi connectivity index (χ2n) is 7.83. The van der Waals surface area contributed by atoms with Crippen LogP contribution in [0, 0.1) is 0 Å². The molecule has 1 aromatic heterocycles. The highest BCUT2D eigenvalue weighted by Crippen LogP contribution is 2.33. The number of aromatic nitrogens is 3. The molecule has 1 amide bonds. The van der Waals surface area contributed by atoms with Gasteiger partial charge >= 0.3 is 0 Å². The van der Waals surface area contributed by atoms with Crippen LogP contribution in [0.25, 0.3) is 5.69 Å². The topological polar surface area (TPSA) is 75.5 Å². The summed E-state index contributed by atoms with van der Waals surface area (Å²) in [5.74, 6) is 0.0710. The van der Waals surface area contributed by atoms with Crippen molar-refractivity contribution >= 4 is 11.6 Å². The van der Waals surface area contributed by atoms with Crippen LogP contribution in [0.2, 0.25) is 0 Å². The van der Waals surface area contributed by atoms with Crippen LogP contribution in [0.3, 0.4) is 0 Å². The monoisotopic (exact) mass is 418 g/mol. The largest absolute Gasteiger partial charge is 0.379 e. The third-order valence-electron chi connectivity index (χ3n) is 5.89. The maximum Gasteiger partial charge on any atom is 0.257 e. The zero-order chi connectivity index (χ0) is 21.0. The highest BCUT2D eigenvalue weighted by Gasteiger charge is 2.32. The smallest absolute Gasteiger partial charge is 0.257 e. The zero-order valence-corrected chi connectivity index (χ0v) is 17.4. The Morgan fingerprint density at radius 3 is 2.61 bits per heavy atom. The van der Waals surface area contributed by atoms with E-state index in [-0.39, 0.29) is 12.1 Å². The molecule has 0 bridgehead atoms. The van der Waals surface area contributed by atoms with Gasteiger partial charge in [-0.2, -0.15) is 5.10 Å². The molecule has 0 spiro atoms. The van der Waals surface area contributed by atoms with E-state index in [1.807, 2.05) is 53.4 Å². The number of fused-ring (bicyclic) bond motifs is 1. The molecule has 2 aliphatic rings. The second kappa shape index (κ2) is 8.87. The fraction of sp³-hybridized carbons (Fsp3) is 0.348. The number of carbonyl (C=O) groups is 1. The van der Waals surface area contributed by atoms with Crippen LogP contribution in [-0.2, 0) is 4.74 Å². The second-order valence-corrected chi connectivity index (χ2v) is 7.83. The third-order valence-corrected chi connectivity index (χ3v) is 5.89. The van der Waals surface area contributed by atoms with E-state index in [1.54, 1.807) is 11.0 Å². The predicted molar refractivity (Wildman–Crippen MR) is 117 cm³/mol. The van der Waals surface area contributed by atoms with Crippen molar-refractivity contribution in [3.05, 3.63) is 72.3 Å². The molecule has 1 N–H and O–H groups in total. The van der Waals surface area contributed by atoms with Gasteiger partial charge in [-0.15, -0.1) is 0 Å². The maximum absolute atomic E-state index is 13.4. The molecule has 0 unspecified atom stereocenters. The van der Waals surface area contributed by atoms with Crippen molar-refractivity contribution in [3.8, 4) is 5.69 Å². The molecule has 160 valence electrons. The highest BCUT2D eigenvalue weighted by atomic mass is 16.5. The number of benzene rings is 2. The average molecular weight is 419 g/mol. The minimum absolute atomic E-state index is 0.0710. The first-order valence-corrected chi connectivity index (χ1v) is 10.7. The van der Waals surface area contributed by atoms with E-state index in [2.05, 4.69) is 20.3 Å². The molecule has 31 heavy (non-hydrogen) atoms. The number of amides is 1. The number of ether oxygens (including phenoxy) is 1. The van der Waals surface area contributed by atoms with Gasteiger partial charge in [-0.3, -0.25) is 9.69 Å². The molecule has 3 aromatic rings. The number of morpholine rings is 1. The average Bonchev–Trinajstić information content (AvgIpc) is 3.36. The van der Waals surface area contributed by atoms with Gasteiger partial charge in [0.05, 0.1) is 24.5 Å². The van der Waals surface area contributed by atoms with Gasteiger partial charge in [0.2, 0.25) is 0 Å². The molecule has 0 radical (unpaired) electrons. The lowest BCUT2D eigenvalue weighted by Gasteiger charge is -2.38. The van der Waals surface area contributed by atoms with E-state index in [4.69, 9.17) is 4.74 Å². The third kappa shape index (κ3) is 4.17. The number of hydrogen-bond donors (Lipinski definition) is 1. The summed E-state index contributed by atoms with van der Waals surface area (Å²) in [6.45, 7) is 5.15. The summed E-state index contributed by atoms with van der Waals surface area (Å²) in [6.07, 6.45) is 3.90. The van der Waals surface area contributed by atoms with Crippen LogP contribution in [0.4, 0.5) is 5.69 Å². The number of nitrogens with one attached hydrogen (secondary N) is 1. The van der Waals surface area contributed by atoms with E-state index in [9.17, 15) is 4.79 Å². The molecule has 8 nitrogen and oxygen atoms in total. The fourth-order valence-corrected chi connectivity index (χ4v) is 4.23. The predicted octanol–water partition coefficient (Wildman–Crippen LogP) is 2.56. The minimum atomic E-state index is -0.211. The Balaban J connectivity index is 1.36. The number of rotatable bonds is 6. The first-order valence-electron chi connectivity index (χ1n) is 10.7. The summed E-state index contributed by atoms with van der Waals surface area (Å²) in [5.41, 5.74) is 3.58. The van der Waals surface area contributed by atoms with Crippen LogP contribution in [0.15, 0.2) is 61.2 Å². The van der Waals surface area contributed by atoms with Crippen molar-refractivity contribution in [2.75, 3.05) is 44.7 Å². The first-order chi connectivity index (χ1) is 15.3. The Kier molecular flexibility index (Phi) is 5.64. The van der Waals surface area contributed by atoms with Gasteiger partial charge in [-0.1, -0.05) is 24.3 Å². The Hall–Kier alpha value is -3.23. The first kappa shape index (κ1) is 19.7. The van der Waals surface area contributed by atoms with E-state index in [0.29, 0.717) is 6.54 Å². The summed E-state index contributed by atoms with van der Waals surface area (Å²) in [7, 11) is 0. The summed E-state index contributed by atoms with van der Waals surface area (Å²) in [5, 5.41) is 7.76. The van der Waals surface area contributed by atoms with Gasteiger partial charge in [-0.05, 0) is 36.2 Å². The summed E-state index contributed by atoms with van der Waals surface area (Å²) >= 11 is 0. The zero-order valence-electron chi connectivity index (χ0n) is 17.4. The van der Waals surface area contributed by atoms with Crippen LogP contribution in [0.5, 0.6) is 0 Å². The van der Waals surface area contributed by atoms with Crippen molar-refractivity contribution < 1.29 is 9.53 Å². The molecule has 2 aliphatic heterocycles. The SMILES string of the molecule is O=C1c2ccccc2N[C@H](c2ccc(-n3cncn3)cc2)N1CCCN1CCOCC1. The minimum Gasteiger partial charge on any atom is -0.379 e. The lowest BCUT2D eigenvalue weighted by molar-refractivity contribution is 0.0348. The molecule has 8 heteroatoms. The van der Waals surface area contributed by atoms with E-state index < -0.39 is 0 Å². The van der Waals surface area contributed by atoms with Gasteiger partial charge < -0.3 is 15.0 Å². The molecule has 1 saturated heterocycles. The Morgan fingerprint density at radius 2 is 1.84 bits per heavy atom. The van der Waals surface area contributed by atoms with Gasteiger partial charge in [0.25, 0.3) is 5.91 Å². The number of anilines is 1. The van der Waals surface area contributed by atoms with Gasteiger partial charge in [0, 0.05) is 31.9 Å². The van der Waals surface area contributed by atoms with Gasteiger partial charge in [0.15, 0.2) is 0 Å². The quantitative estimate of drug-likeness (QED) is 0.663. The summed E-state index contributed by atoms with van der Waals surface area (Å²) < 4.78 is 7.16. The van der Waals surface area contributed by atoms with Crippen molar-refractivity contribution in [2.45, 2.75) is 12.6 Å². The van der Waals surface area contributed by atoms with Crippen molar-refractivity contribution in [1.29, 1.82) is 0 Å². The Morgan fingerprint density at radius 1 is 1.03 bits per heavy atom. The van der Waals surface area contributed by atoms with E-state index in [1.165, 1.54) is 6.33 Å². The van der Waals surface area contributed by atoms with Crippen LogP contribution in [-0.4, -0.2) is 69.9 Å². The summed E-state index contributed by atoms with van der Waals surface area (Å²) in [4.78, 5) is 21.7. The molecule has 3 heterocycles. The molecule has 0 aliphatic carbocycles.